The monoisotopic (exact) mass is 457 g/mol. The van der Waals surface area contributed by atoms with Crippen LogP contribution in [-0.4, -0.2) is 42.5 Å². The molecule has 4 rings (SSSR count). The van der Waals surface area contributed by atoms with Gasteiger partial charge >= 0.3 is 13.3 Å². The first kappa shape index (κ1) is 21.9. The Hall–Kier alpha value is -3.27. The molecule has 0 radical (unpaired) electrons. The number of hydrogen-bond acceptors (Lipinski definition) is 8. The number of anilines is 1. The maximum Gasteiger partial charge on any atom is 0.335 e. The highest BCUT2D eigenvalue weighted by Crippen LogP contribution is 2.51. The highest BCUT2D eigenvalue weighted by atomic mass is 31.2. The Bertz CT molecular complexity index is 1320. The van der Waals surface area contributed by atoms with Gasteiger partial charge in [-0.05, 0) is 31.0 Å². The predicted octanol–water partition coefficient (Wildman–Crippen LogP) is 2.70. The van der Waals surface area contributed by atoms with Gasteiger partial charge in [-0.1, -0.05) is 24.3 Å². The van der Waals surface area contributed by atoms with Crippen molar-refractivity contribution in [3.8, 4) is 5.95 Å². The summed E-state index contributed by atoms with van der Waals surface area (Å²) in [6, 6.07) is 9.17. The number of aromatic amines is 1. The predicted molar refractivity (Wildman–Crippen MR) is 120 cm³/mol. The fourth-order valence-electron chi connectivity index (χ4n) is 3.43. The summed E-state index contributed by atoms with van der Waals surface area (Å²) >= 11 is 0. The minimum Gasteiger partial charge on any atom is -0.382 e. The molecular weight excluding hydrogens is 433 g/mol. The van der Waals surface area contributed by atoms with Crippen LogP contribution < -0.4 is 11.4 Å². The molecule has 1 aromatic carbocycles. The summed E-state index contributed by atoms with van der Waals surface area (Å²) in [7, 11) is -3.24. The third-order valence-corrected chi connectivity index (χ3v) is 6.76. The standard InChI is InChI=1S/C20H24N7O4P/c1-3-30-32(29,31-4-2)13-15-8-5-7-14(11-15)12-26-18-16(23-20(26)28)17(21)24-19(25-18)27-10-6-9-22-27/h5-11H,3-4,12-13H2,1-2H3,(H,23,28)(H2,21,24,25). The van der Waals surface area contributed by atoms with E-state index in [1.54, 1.807) is 32.3 Å². The van der Waals surface area contributed by atoms with Crippen LogP contribution in [0.3, 0.4) is 0 Å². The van der Waals surface area contributed by atoms with E-state index < -0.39 is 7.60 Å². The highest BCUT2D eigenvalue weighted by Gasteiger charge is 2.24. The Morgan fingerprint density at radius 2 is 1.88 bits per heavy atom. The lowest BCUT2D eigenvalue weighted by Crippen LogP contribution is -2.18. The third kappa shape index (κ3) is 4.50. The molecule has 0 bridgehead atoms. The van der Waals surface area contributed by atoms with Crippen LogP contribution in [0, 0.1) is 0 Å². The molecule has 0 aliphatic carbocycles. The molecule has 0 aliphatic rings. The molecule has 0 spiro atoms. The summed E-state index contributed by atoms with van der Waals surface area (Å²) < 4.78 is 26.6. The van der Waals surface area contributed by atoms with Crippen molar-refractivity contribution in [2.45, 2.75) is 26.6 Å². The van der Waals surface area contributed by atoms with E-state index >= 15 is 0 Å². The largest absolute Gasteiger partial charge is 0.382 e. The van der Waals surface area contributed by atoms with Gasteiger partial charge < -0.3 is 19.8 Å². The molecule has 3 N–H and O–H groups in total. The molecule has 168 valence electrons. The van der Waals surface area contributed by atoms with Gasteiger partial charge in [0.25, 0.3) is 5.95 Å². The molecule has 3 heterocycles. The Morgan fingerprint density at radius 1 is 1.12 bits per heavy atom. The number of fused-ring (bicyclic) bond motifs is 1. The second-order valence-corrected chi connectivity index (χ2v) is 9.05. The maximum atomic E-state index is 12.9. The molecule has 0 unspecified atom stereocenters. The van der Waals surface area contributed by atoms with Crippen LogP contribution in [0.15, 0.2) is 47.5 Å². The minimum atomic E-state index is -3.24. The van der Waals surface area contributed by atoms with E-state index in [4.69, 9.17) is 14.8 Å². The molecule has 0 saturated carbocycles. The van der Waals surface area contributed by atoms with Crippen LogP contribution >= 0.6 is 7.60 Å². The molecule has 0 amide bonds. The molecule has 4 aromatic rings. The van der Waals surface area contributed by atoms with Crippen molar-refractivity contribution in [3.05, 3.63) is 64.3 Å². The minimum absolute atomic E-state index is 0.143. The number of nitrogens with two attached hydrogens (primary N) is 1. The van der Waals surface area contributed by atoms with Crippen LogP contribution in [0.4, 0.5) is 5.82 Å². The molecule has 0 aliphatic heterocycles. The second-order valence-electron chi connectivity index (χ2n) is 7.00. The Balaban J connectivity index is 1.68. The molecule has 12 heteroatoms. The van der Waals surface area contributed by atoms with Gasteiger partial charge in [-0.2, -0.15) is 15.1 Å². The number of hydrogen-bond donors (Lipinski definition) is 2. The zero-order valence-corrected chi connectivity index (χ0v) is 18.7. The lowest BCUT2D eigenvalue weighted by Gasteiger charge is -2.17. The fraction of sp³-hybridized carbons (Fsp3) is 0.300. The molecule has 3 aromatic heterocycles. The van der Waals surface area contributed by atoms with Gasteiger partial charge in [0.15, 0.2) is 11.5 Å². The quantitative estimate of drug-likeness (QED) is 0.365. The summed E-state index contributed by atoms with van der Waals surface area (Å²) in [5.41, 5.74) is 8.03. The summed E-state index contributed by atoms with van der Waals surface area (Å²) in [6.45, 7) is 4.37. The normalized spacial score (nSPS) is 11.9. The van der Waals surface area contributed by atoms with E-state index in [0.717, 1.165) is 11.1 Å². The van der Waals surface area contributed by atoms with Gasteiger partial charge in [0.2, 0.25) is 0 Å². The SMILES string of the molecule is CCOP(=O)(Cc1cccc(Cn2c(=O)[nH]c3c(N)nc(-n4cccn4)nc32)c1)OCC. The molecular formula is C20H24N7O4P. The zero-order valence-electron chi connectivity index (χ0n) is 17.8. The molecule has 0 atom stereocenters. The first-order valence-electron chi connectivity index (χ1n) is 10.1. The fourth-order valence-corrected chi connectivity index (χ4v) is 5.12. The van der Waals surface area contributed by atoms with E-state index in [-0.39, 0.29) is 30.2 Å². The first-order chi connectivity index (χ1) is 15.4. The second kappa shape index (κ2) is 9.07. The van der Waals surface area contributed by atoms with Gasteiger partial charge in [-0.3, -0.25) is 9.13 Å². The zero-order chi connectivity index (χ0) is 22.7. The summed E-state index contributed by atoms with van der Waals surface area (Å²) in [5.74, 6) is 0.412. The van der Waals surface area contributed by atoms with E-state index in [1.165, 1.54) is 9.25 Å². The van der Waals surface area contributed by atoms with Crippen LogP contribution in [0.2, 0.25) is 0 Å². The molecule has 0 fully saturated rings. The van der Waals surface area contributed by atoms with Gasteiger partial charge in [-0.25, -0.2) is 9.48 Å². The average molecular weight is 457 g/mol. The summed E-state index contributed by atoms with van der Waals surface area (Å²) in [5, 5.41) is 4.12. The number of nitrogen functional groups attached to an aromatic ring is 1. The molecule has 0 saturated heterocycles. The Labute approximate surface area is 183 Å². The van der Waals surface area contributed by atoms with E-state index in [9.17, 15) is 9.36 Å². The summed E-state index contributed by atoms with van der Waals surface area (Å²) in [4.78, 5) is 24.1. The van der Waals surface area contributed by atoms with Crippen molar-refractivity contribution in [3.63, 3.8) is 0 Å². The van der Waals surface area contributed by atoms with Crippen molar-refractivity contribution in [1.82, 2.24) is 29.3 Å². The number of rotatable bonds is 9. The lowest BCUT2D eigenvalue weighted by atomic mass is 10.1. The maximum absolute atomic E-state index is 12.9. The van der Waals surface area contributed by atoms with Gasteiger partial charge in [0.05, 0.1) is 25.9 Å². The van der Waals surface area contributed by atoms with Crippen molar-refractivity contribution in [2.75, 3.05) is 18.9 Å². The lowest BCUT2D eigenvalue weighted by molar-refractivity contribution is 0.219. The third-order valence-electron chi connectivity index (χ3n) is 4.71. The number of nitrogens with zero attached hydrogens (tertiary/aromatic N) is 5. The van der Waals surface area contributed by atoms with E-state index in [1.807, 2.05) is 24.3 Å². The van der Waals surface area contributed by atoms with Crippen molar-refractivity contribution >= 4 is 24.6 Å². The molecule has 11 nitrogen and oxygen atoms in total. The highest BCUT2D eigenvalue weighted by molar-refractivity contribution is 7.53. The molecule has 32 heavy (non-hydrogen) atoms. The van der Waals surface area contributed by atoms with Crippen molar-refractivity contribution in [2.24, 2.45) is 0 Å². The van der Waals surface area contributed by atoms with Crippen LogP contribution in [-0.2, 0) is 26.3 Å². The average Bonchev–Trinajstić information content (AvgIpc) is 3.38. The van der Waals surface area contributed by atoms with Crippen LogP contribution in [0.1, 0.15) is 25.0 Å². The van der Waals surface area contributed by atoms with Crippen LogP contribution in [0.25, 0.3) is 17.1 Å². The Kier molecular flexibility index (Phi) is 6.22. The topological polar surface area (TPSA) is 143 Å². The number of benzene rings is 1. The van der Waals surface area contributed by atoms with Crippen molar-refractivity contribution in [1.29, 1.82) is 0 Å². The van der Waals surface area contributed by atoms with E-state index in [0.29, 0.717) is 24.4 Å². The number of H-pyrrole nitrogens is 1. The van der Waals surface area contributed by atoms with Crippen LogP contribution in [0.5, 0.6) is 0 Å². The Morgan fingerprint density at radius 3 is 2.56 bits per heavy atom. The summed E-state index contributed by atoms with van der Waals surface area (Å²) in [6.07, 6.45) is 3.43. The van der Waals surface area contributed by atoms with Gasteiger partial charge in [0, 0.05) is 12.4 Å². The van der Waals surface area contributed by atoms with E-state index in [2.05, 4.69) is 20.1 Å². The number of nitrogens with one attached hydrogen (secondary N) is 1. The van der Waals surface area contributed by atoms with Gasteiger partial charge in [0.1, 0.15) is 5.52 Å². The first-order valence-corrected chi connectivity index (χ1v) is 11.9. The van der Waals surface area contributed by atoms with Gasteiger partial charge in [-0.15, -0.1) is 0 Å². The number of aromatic nitrogens is 6. The number of imidazole rings is 1. The van der Waals surface area contributed by atoms with Crippen molar-refractivity contribution < 1.29 is 13.6 Å². The smallest absolute Gasteiger partial charge is 0.335 e.